The van der Waals surface area contributed by atoms with Crippen molar-refractivity contribution in [2.45, 2.75) is 25.3 Å². The summed E-state index contributed by atoms with van der Waals surface area (Å²) in [5, 5.41) is 8.89. The number of aliphatic hydroxyl groups excluding tert-OH is 1. The lowest BCUT2D eigenvalue weighted by Gasteiger charge is -2.34. The Kier molecular flexibility index (Phi) is 5.73. The number of piperidine rings is 1. The minimum absolute atomic E-state index is 0.0375. The fourth-order valence-corrected chi connectivity index (χ4v) is 2.17. The average molecular weight is 230 g/mol. The van der Waals surface area contributed by atoms with Crippen LogP contribution in [0.2, 0.25) is 0 Å². The van der Waals surface area contributed by atoms with Crippen LogP contribution in [0.5, 0.6) is 0 Å². The van der Waals surface area contributed by atoms with Crippen molar-refractivity contribution in [3.8, 4) is 0 Å². The van der Waals surface area contributed by atoms with Crippen molar-refractivity contribution in [1.82, 2.24) is 4.90 Å². The van der Waals surface area contributed by atoms with Crippen molar-refractivity contribution in [3.63, 3.8) is 0 Å². The molecule has 0 spiro atoms. The second-order valence-electron chi connectivity index (χ2n) is 4.37. The molecule has 1 aliphatic heterocycles. The summed E-state index contributed by atoms with van der Waals surface area (Å²) in [6.45, 7) is 1.95. The molecule has 0 saturated carbocycles. The highest BCUT2D eigenvalue weighted by Gasteiger charge is 2.26. The maximum atomic E-state index is 11.9. The van der Waals surface area contributed by atoms with Crippen LogP contribution in [0.4, 0.5) is 0 Å². The number of nitrogens with two attached hydrogens (primary N) is 1. The van der Waals surface area contributed by atoms with E-state index < -0.39 is 6.04 Å². The second kappa shape index (κ2) is 6.83. The first kappa shape index (κ1) is 13.4. The first-order valence-corrected chi connectivity index (χ1v) is 5.83. The van der Waals surface area contributed by atoms with Gasteiger partial charge in [-0.1, -0.05) is 0 Å². The first-order chi connectivity index (χ1) is 7.69. The van der Waals surface area contributed by atoms with Crippen molar-refractivity contribution in [1.29, 1.82) is 0 Å². The van der Waals surface area contributed by atoms with E-state index in [1.165, 1.54) is 7.11 Å². The Morgan fingerprint density at radius 3 is 3.06 bits per heavy atom. The summed E-state index contributed by atoms with van der Waals surface area (Å²) in [5.41, 5.74) is 5.71. The van der Waals surface area contributed by atoms with Gasteiger partial charge in [0.1, 0.15) is 6.04 Å². The van der Waals surface area contributed by atoms with E-state index in [0.29, 0.717) is 5.92 Å². The van der Waals surface area contributed by atoms with Gasteiger partial charge >= 0.3 is 0 Å². The third-order valence-corrected chi connectivity index (χ3v) is 3.03. The molecule has 0 bridgehead atoms. The van der Waals surface area contributed by atoms with Crippen LogP contribution in [-0.2, 0) is 9.53 Å². The normalized spacial score (nSPS) is 23.2. The highest BCUT2D eigenvalue weighted by atomic mass is 16.5. The van der Waals surface area contributed by atoms with Crippen molar-refractivity contribution >= 4 is 5.91 Å². The standard InChI is InChI=1S/C11H22N2O3/c1-16-8-10(12)11(15)13-5-2-3-9(7-13)4-6-14/h9-10,14H,2-8,12H2,1H3. The minimum Gasteiger partial charge on any atom is -0.396 e. The molecular weight excluding hydrogens is 208 g/mol. The molecule has 0 aliphatic carbocycles. The van der Waals surface area contributed by atoms with Gasteiger partial charge in [-0.3, -0.25) is 4.79 Å². The van der Waals surface area contributed by atoms with Gasteiger partial charge in [-0.2, -0.15) is 0 Å². The molecule has 1 heterocycles. The van der Waals surface area contributed by atoms with Gasteiger partial charge in [0.2, 0.25) is 5.91 Å². The van der Waals surface area contributed by atoms with E-state index in [0.717, 1.165) is 32.4 Å². The number of rotatable bonds is 5. The van der Waals surface area contributed by atoms with E-state index in [1.54, 1.807) is 4.90 Å². The van der Waals surface area contributed by atoms with Gasteiger partial charge in [-0.25, -0.2) is 0 Å². The summed E-state index contributed by atoms with van der Waals surface area (Å²) in [6.07, 6.45) is 2.85. The summed E-state index contributed by atoms with van der Waals surface area (Å²) in [7, 11) is 1.54. The molecule has 5 heteroatoms. The molecule has 3 N–H and O–H groups in total. The lowest BCUT2D eigenvalue weighted by molar-refractivity contribution is -0.135. The van der Waals surface area contributed by atoms with Gasteiger partial charge in [-0.05, 0) is 25.2 Å². The van der Waals surface area contributed by atoms with Crippen LogP contribution in [0.3, 0.4) is 0 Å². The summed E-state index contributed by atoms with van der Waals surface area (Å²) in [6, 6.07) is -0.558. The Hall–Kier alpha value is -0.650. The number of amides is 1. The third-order valence-electron chi connectivity index (χ3n) is 3.03. The smallest absolute Gasteiger partial charge is 0.241 e. The zero-order valence-corrected chi connectivity index (χ0v) is 9.89. The fourth-order valence-electron chi connectivity index (χ4n) is 2.17. The van der Waals surface area contributed by atoms with Gasteiger partial charge in [0.25, 0.3) is 0 Å². The number of likely N-dealkylation sites (tertiary alicyclic amines) is 1. The molecule has 1 fully saturated rings. The monoisotopic (exact) mass is 230 g/mol. The second-order valence-corrected chi connectivity index (χ2v) is 4.37. The highest BCUT2D eigenvalue weighted by Crippen LogP contribution is 2.19. The van der Waals surface area contributed by atoms with Crippen molar-refractivity contribution in [3.05, 3.63) is 0 Å². The van der Waals surface area contributed by atoms with Gasteiger partial charge in [0.15, 0.2) is 0 Å². The lowest BCUT2D eigenvalue weighted by atomic mass is 9.95. The molecule has 1 saturated heterocycles. The Bertz CT molecular complexity index is 221. The van der Waals surface area contributed by atoms with Crippen LogP contribution in [0.25, 0.3) is 0 Å². The van der Waals surface area contributed by atoms with E-state index in [4.69, 9.17) is 15.6 Å². The van der Waals surface area contributed by atoms with Gasteiger partial charge in [-0.15, -0.1) is 0 Å². The van der Waals surface area contributed by atoms with E-state index >= 15 is 0 Å². The molecule has 0 radical (unpaired) electrons. The number of hydrogen-bond acceptors (Lipinski definition) is 4. The minimum atomic E-state index is -0.558. The number of methoxy groups -OCH3 is 1. The molecule has 94 valence electrons. The molecule has 5 nitrogen and oxygen atoms in total. The molecule has 1 rings (SSSR count). The quantitative estimate of drug-likeness (QED) is 0.672. The number of carbonyl (C=O) groups excluding carboxylic acids is 1. The predicted molar refractivity (Wildman–Crippen MR) is 60.9 cm³/mol. The molecule has 16 heavy (non-hydrogen) atoms. The van der Waals surface area contributed by atoms with Crippen LogP contribution in [-0.4, -0.2) is 55.4 Å². The number of carbonyl (C=O) groups is 1. The molecular formula is C11H22N2O3. The number of aliphatic hydroxyl groups is 1. The van der Waals surface area contributed by atoms with E-state index in [9.17, 15) is 4.79 Å². The largest absolute Gasteiger partial charge is 0.396 e. The zero-order valence-electron chi connectivity index (χ0n) is 9.89. The van der Waals surface area contributed by atoms with E-state index in [1.807, 2.05) is 0 Å². The summed E-state index contributed by atoms with van der Waals surface area (Å²) >= 11 is 0. The summed E-state index contributed by atoms with van der Waals surface area (Å²) < 4.78 is 4.88. The first-order valence-electron chi connectivity index (χ1n) is 5.83. The molecule has 0 aromatic carbocycles. The maximum Gasteiger partial charge on any atom is 0.241 e. The Balaban J connectivity index is 2.43. The lowest BCUT2D eigenvalue weighted by Crippen LogP contribution is -2.49. The summed E-state index contributed by atoms with van der Waals surface area (Å²) in [5.74, 6) is 0.377. The number of hydrogen-bond donors (Lipinski definition) is 2. The SMILES string of the molecule is COCC(N)C(=O)N1CCCC(CCO)C1. The molecule has 0 aromatic heterocycles. The highest BCUT2D eigenvalue weighted by molar-refractivity contribution is 5.81. The fraction of sp³-hybridized carbons (Fsp3) is 0.909. The van der Waals surface area contributed by atoms with Crippen LogP contribution < -0.4 is 5.73 Å². The van der Waals surface area contributed by atoms with Crippen molar-refractivity contribution in [2.75, 3.05) is 33.4 Å². The molecule has 1 amide bonds. The van der Waals surface area contributed by atoms with Gasteiger partial charge in [0, 0.05) is 26.8 Å². The summed E-state index contributed by atoms with van der Waals surface area (Å²) in [4.78, 5) is 13.7. The Labute approximate surface area is 96.6 Å². The molecule has 2 atom stereocenters. The molecule has 1 aliphatic rings. The third kappa shape index (κ3) is 3.73. The van der Waals surface area contributed by atoms with Crippen LogP contribution in [0.15, 0.2) is 0 Å². The van der Waals surface area contributed by atoms with E-state index in [-0.39, 0.29) is 19.1 Å². The van der Waals surface area contributed by atoms with Gasteiger partial charge < -0.3 is 20.5 Å². The predicted octanol–water partition coefficient (Wildman–Crippen LogP) is -0.419. The van der Waals surface area contributed by atoms with Crippen LogP contribution in [0.1, 0.15) is 19.3 Å². The van der Waals surface area contributed by atoms with Crippen LogP contribution in [0, 0.1) is 5.92 Å². The topological polar surface area (TPSA) is 75.8 Å². The van der Waals surface area contributed by atoms with Crippen molar-refractivity contribution < 1.29 is 14.6 Å². The van der Waals surface area contributed by atoms with Crippen LogP contribution >= 0.6 is 0 Å². The number of ether oxygens (including phenoxy) is 1. The maximum absolute atomic E-state index is 11.9. The van der Waals surface area contributed by atoms with Crippen molar-refractivity contribution in [2.24, 2.45) is 11.7 Å². The zero-order chi connectivity index (χ0) is 12.0. The Morgan fingerprint density at radius 2 is 2.44 bits per heavy atom. The number of nitrogens with zero attached hydrogens (tertiary/aromatic N) is 1. The van der Waals surface area contributed by atoms with Gasteiger partial charge in [0.05, 0.1) is 6.61 Å². The average Bonchev–Trinajstić information content (AvgIpc) is 2.29. The molecule has 2 unspecified atom stereocenters. The van der Waals surface area contributed by atoms with E-state index in [2.05, 4.69) is 0 Å². The molecule has 0 aromatic rings. The Morgan fingerprint density at radius 1 is 1.69 bits per heavy atom.